The lowest BCUT2D eigenvalue weighted by Crippen LogP contribution is -2.26. The summed E-state index contributed by atoms with van der Waals surface area (Å²) in [5.74, 6) is 0. The molecule has 0 aliphatic carbocycles. The van der Waals surface area contributed by atoms with E-state index in [0.29, 0.717) is 19.5 Å². The highest BCUT2D eigenvalue weighted by molar-refractivity contribution is 7.89. The quantitative estimate of drug-likeness (QED) is 0.810. The zero-order chi connectivity index (χ0) is 14.4. The van der Waals surface area contributed by atoms with Gasteiger partial charge in [0.25, 0.3) is 10.0 Å². The fourth-order valence-corrected chi connectivity index (χ4v) is 3.38. The molecular formula is C13H17N3O2S2. The molecule has 0 aromatic carbocycles. The fraction of sp³-hybridized carbons (Fsp3) is 0.308. The van der Waals surface area contributed by atoms with Crippen molar-refractivity contribution >= 4 is 21.4 Å². The van der Waals surface area contributed by atoms with Gasteiger partial charge in [0.2, 0.25) is 0 Å². The van der Waals surface area contributed by atoms with Gasteiger partial charge in [-0.3, -0.25) is 0 Å². The van der Waals surface area contributed by atoms with E-state index >= 15 is 0 Å². The van der Waals surface area contributed by atoms with Gasteiger partial charge in [0.15, 0.2) is 5.03 Å². The molecule has 0 aliphatic rings. The van der Waals surface area contributed by atoms with Crippen LogP contribution < -0.4 is 10.0 Å². The van der Waals surface area contributed by atoms with Crippen molar-refractivity contribution in [3.63, 3.8) is 0 Å². The Hall–Kier alpha value is -1.28. The zero-order valence-electron chi connectivity index (χ0n) is 11.2. The van der Waals surface area contributed by atoms with Crippen LogP contribution in [-0.4, -0.2) is 27.0 Å². The van der Waals surface area contributed by atoms with Crippen molar-refractivity contribution in [1.82, 2.24) is 15.0 Å². The highest BCUT2D eigenvalue weighted by Crippen LogP contribution is 2.08. The molecule has 0 atom stereocenters. The van der Waals surface area contributed by atoms with Crippen molar-refractivity contribution < 1.29 is 8.42 Å². The number of pyridine rings is 1. The van der Waals surface area contributed by atoms with Crippen LogP contribution in [0, 0.1) is 0 Å². The smallest absolute Gasteiger partial charge is 0.258 e. The van der Waals surface area contributed by atoms with Crippen molar-refractivity contribution in [2.24, 2.45) is 0 Å². The molecule has 2 rings (SSSR count). The van der Waals surface area contributed by atoms with Gasteiger partial charge in [-0.2, -0.15) is 11.3 Å². The lowest BCUT2D eigenvalue weighted by Gasteiger charge is -2.06. The lowest BCUT2D eigenvalue weighted by molar-refractivity contribution is 0.577. The Morgan fingerprint density at radius 1 is 1.25 bits per heavy atom. The maximum atomic E-state index is 12.0. The maximum Gasteiger partial charge on any atom is 0.258 e. The summed E-state index contributed by atoms with van der Waals surface area (Å²) in [7, 11) is -1.69. The predicted octanol–water partition coefficient (Wildman–Crippen LogP) is 1.38. The Bertz CT molecular complexity index is 622. The third kappa shape index (κ3) is 4.11. The first kappa shape index (κ1) is 15.1. The first-order valence-electron chi connectivity index (χ1n) is 6.22. The van der Waals surface area contributed by atoms with E-state index < -0.39 is 10.0 Å². The molecule has 2 heterocycles. The number of sulfonamides is 1. The van der Waals surface area contributed by atoms with E-state index in [1.54, 1.807) is 23.6 Å². The molecule has 108 valence electrons. The number of hydrogen-bond acceptors (Lipinski definition) is 5. The molecule has 20 heavy (non-hydrogen) atoms. The van der Waals surface area contributed by atoms with Gasteiger partial charge in [-0.15, -0.1) is 0 Å². The first-order chi connectivity index (χ1) is 9.62. The highest BCUT2D eigenvalue weighted by Gasteiger charge is 2.14. The number of thiophene rings is 1. The average molecular weight is 311 g/mol. The maximum absolute atomic E-state index is 12.0. The van der Waals surface area contributed by atoms with Crippen molar-refractivity contribution in [3.8, 4) is 0 Å². The Morgan fingerprint density at radius 3 is 2.70 bits per heavy atom. The summed E-state index contributed by atoms with van der Waals surface area (Å²) in [5.41, 5.74) is 2.08. The van der Waals surface area contributed by atoms with Crippen LogP contribution in [0.4, 0.5) is 0 Å². The molecule has 0 bridgehead atoms. The van der Waals surface area contributed by atoms with Crippen LogP contribution in [0.2, 0.25) is 0 Å². The summed E-state index contributed by atoms with van der Waals surface area (Å²) >= 11 is 1.60. The number of aromatic nitrogens is 1. The van der Waals surface area contributed by atoms with Crippen molar-refractivity contribution in [2.75, 3.05) is 13.6 Å². The molecule has 0 amide bonds. The monoisotopic (exact) mass is 311 g/mol. The van der Waals surface area contributed by atoms with E-state index in [4.69, 9.17) is 0 Å². The Morgan fingerprint density at radius 2 is 2.10 bits per heavy atom. The molecule has 0 spiro atoms. The van der Waals surface area contributed by atoms with E-state index in [9.17, 15) is 8.42 Å². The van der Waals surface area contributed by atoms with Gasteiger partial charge >= 0.3 is 0 Å². The number of hydrogen-bond donors (Lipinski definition) is 2. The zero-order valence-corrected chi connectivity index (χ0v) is 12.8. The van der Waals surface area contributed by atoms with E-state index in [-0.39, 0.29) is 5.03 Å². The minimum Gasteiger partial charge on any atom is -0.316 e. The van der Waals surface area contributed by atoms with Gasteiger partial charge in [0.1, 0.15) is 0 Å². The van der Waals surface area contributed by atoms with Crippen LogP contribution in [0.15, 0.2) is 40.2 Å². The van der Waals surface area contributed by atoms with Crippen molar-refractivity contribution in [3.05, 3.63) is 46.3 Å². The van der Waals surface area contributed by atoms with Gasteiger partial charge in [0.05, 0.1) is 0 Å². The summed E-state index contributed by atoms with van der Waals surface area (Å²) in [6, 6.07) is 5.28. The molecule has 0 unspecified atom stereocenters. The minimum atomic E-state index is -3.52. The van der Waals surface area contributed by atoms with E-state index in [1.165, 1.54) is 6.07 Å². The Kier molecular flexibility index (Phi) is 5.24. The topological polar surface area (TPSA) is 71.1 Å². The first-order valence-corrected chi connectivity index (χ1v) is 8.65. The summed E-state index contributed by atoms with van der Waals surface area (Å²) in [5, 5.41) is 7.04. The van der Waals surface area contributed by atoms with Gasteiger partial charge in [0, 0.05) is 19.3 Å². The highest BCUT2D eigenvalue weighted by atomic mass is 32.2. The summed E-state index contributed by atoms with van der Waals surface area (Å²) < 4.78 is 26.7. The summed E-state index contributed by atoms with van der Waals surface area (Å²) in [6.07, 6.45) is 2.25. The fourth-order valence-electron chi connectivity index (χ4n) is 1.72. The second-order valence-corrected chi connectivity index (χ2v) is 6.81. The Labute approximate surface area is 123 Å². The normalized spacial score (nSPS) is 11.7. The average Bonchev–Trinajstić information content (AvgIpc) is 2.93. The van der Waals surface area contributed by atoms with Crippen LogP contribution in [0.1, 0.15) is 11.1 Å². The van der Waals surface area contributed by atoms with E-state index in [2.05, 4.69) is 15.0 Å². The third-order valence-electron chi connectivity index (χ3n) is 2.74. The molecule has 2 aromatic rings. The molecule has 2 aromatic heterocycles. The predicted molar refractivity (Wildman–Crippen MR) is 80.2 cm³/mol. The summed E-state index contributed by atoms with van der Waals surface area (Å²) in [6.45, 7) is 1.04. The Balaban J connectivity index is 1.95. The van der Waals surface area contributed by atoms with Gasteiger partial charge < -0.3 is 5.32 Å². The van der Waals surface area contributed by atoms with Gasteiger partial charge in [-0.05, 0) is 47.5 Å². The number of nitrogens with one attached hydrogen (secondary N) is 2. The lowest BCUT2D eigenvalue weighted by atomic mass is 10.2. The summed E-state index contributed by atoms with van der Waals surface area (Å²) in [4.78, 5) is 4.00. The van der Waals surface area contributed by atoms with Crippen LogP contribution in [0.5, 0.6) is 0 Å². The van der Waals surface area contributed by atoms with Crippen molar-refractivity contribution in [1.29, 1.82) is 0 Å². The molecule has 0 saturated carbocycles. The molecule has 0 saturated heterocycles. The molecule has 2 N–H and O–H groups in total. The van der Waals surface area contributed by atoms with Gasteiger partial charge in [-0.25, -0.2) is 18.1 Å². The standard InChI is InChI=1S/C13H17N3O2S2/c1-14-8-12-2-3-13(15-9-12)20(17,18)16-6-4-11-5-7-19-10-11/h2-3,5,7,9-10,14,16H,4,6,8H2,1H3. The molecule has 0 aliphatic heterocycles. The minimum absolute atomic E-state index is 0.0580. The molecule has 7 heteroatoms. The molecular weight excluding hydrogens is 294 g/mol. The van der Waals surface area contributed by atoms with Crippen LogP contribution in [-0.2, 0) is 23.0 Å². The van der Waals surface area contributed by atoms with Crippen molar-refractivity contribution in [2.45, 2.75) is 18.0 Å². The third-order valence-corrected chi connectivity index (χ3v) is 4.85. The van der Waals surface area contributed by atoms with E-state index in [1.807, 2.05) is 23.9 Å². The SMILES string of the molecule is CNCc1ccc(S(=O)(=O)NCCc2ccsc2)nc1. The molecule has 0 radical (unpaired) electrons. The second-order valence-electron chi connectivity index (χ2n) is 4.31. The largest absolute Gasteiger partial charge is 0.316 e. The van der Waals surface area contributed by atoms with E-state index in [0.717, 1.165) is 11.1 Å². The van der Waals surface area contributed by atoms with Crippen LogP contribution in [0.25, 0.3) is 0 Å². The second kappa shape index (κ2) is 6.94. The molecule has 5 nitrogen and oxygen atoms in total. The van der Waals surface area contributed by atoms with Crippen LogP contribution in [0.3, 0.4) is 0 Å². The number of rotatable bonds is 7. The number of nitrogens with zero attached hydrogens (tertiary/aromatic N) is 1. The van der Waals surface area contributed by atoms with Crippen LogP contribution >= 0.6 is 11.3 Å². The van der Waals surface area contributed by atoms with Gasteiger partial charge in [-0.1, -0.05) is 6.07 Å². The molecule has 0 fully saturated rings.